The minimum absolute atomic E-state index is 0.0603. The third-order valence-electron chi connectivity index (χ3n) is 4.06. The molecule has 0 aromatic heterocycles. The standard InChI is InChI=1S/C21H17ClFN3O6/c1-2-31-16-9-11(7-14-19(28)25-21(30)26-20(14)29)8-15(22)18(16)32-10-17(27)24-13-5-3-12(23)4-6-13/h3-9H,2,10H2,1H3,(H,24,27)(H2,25,26,28,29,30). The molecule has 2 aromatic rings. The van der Waals surface area contributed by atoms with E-state index >= 15 is 0 Å². The summed E-state index contributed by atoms with van der Waals surface area (Å²) in [6, 6.07) is 7.17. The first kappa shape index (κ1) is 22.8. The van der Waals surface area contributed by atoms with Gasteiger partial charge in [-0.05, 0) is 55.0 Å². The number of ether oxygens (including phenoxy) is 2. The Morgan fingerprint density at radius 1 is 1.09 bits per heavy atom. The fraction of sp³-hybridized carbons (Fsp3) is 0.143. The van der Waals surface area contributed by atoms with Gasteiger partial charge in [-0.1, -0.05) is 11.6 Å². The van der Waals surface area contributed by atoms with Gasteiger partial charge in [-0.15, -0.1) is 0 Å². The second-order valence-electron chi connectivity index (χ2n) is 6.40. The normalized spacial score (nSPS) is 13.2. The number of halogens is 2. The first-order valence-corrected chi connectivity index (χ1v) is 9.67. The van der Waals surface area contributed by atoms with Crippen molar-refractivity contribution in [1.29, 1.82) is 0 Å². The summed E-state index contributed by atoms with van der Waals surface area (Å²) < 4.78 is 24.0. The molecule has 3 rings (SSSR count). The van der Waals surface area contributed by atoms with Gasteiger partial charge in [0.15, 0.2) is 18.1 Å². The van der Waals surface area contributed by atoms with Crippen LogP contribution in [-0.4, -0.2) is 37.0 Å². The minimum Gasteiger partial charge on any atom is -0.490 e. The van der Waals surface area contributed by atoms with Gasteiger partial charge in [-0.2, -0.15) is 0 Å². The highest BCUT2D eigenvalue weighted by atomic mass is 35.5. The van der Waals surface area contributed by atoms with E-state index in [9.17, 15) is 23.6 Å². The van der Waals surface area contributed by atoms with Crippen molar-refractivity contribution in [2.24, 2.45) is 0 Å². The lowest BCUT2D eigenvalue weighted by Gasteiger charge is -2.16. The zero-order valence-electron chi connectivity index (χ0n) is 16.7. The summed E-state index contributed by atoms with van der Waals surface area (Å²) in [5.41, 5.74) is 0.423. The molecule has 2 aromatic carbocycles. The highest BCUT2D eigenvalue weighted by molar-refractivity contribution is 6.33. The van der Waals surface area contributed by atoms with Gasteiger partial charge in [-0.25, -0.2) is 9.18 Å². The van der Waals surface area contributed by atoms with Gasteiger partial charge in [0.2, 0.25) is 0 Å². The van der Waals surface area contributed by atoms with Crippen molar-refractivity contribution >= 4 is 47.1 Å². The Morgan fingerprint density at radius 3 is 2.38 bits per heavy atom. The lowest BCUT2D eigenvalue weighted by molar-refractivity contribution is -0.124. The van der Waals surface area contributed by atoms with E-state index in [0.717, 1.165) is 0 Å². The molecule has 0 radical (unpaired) electrons. The summed E-state index contributed by atoms with van der Waals surface area (Å²) in [6.07, 6.45) is 1.23. The Hall–Kier alpha value is -3.92. The fourth-order valence-electron chi connectivity index (χ4n) is 2.72. The highest BCUT2D eigenvalue weighted by Crippen LogP contribution is 2.37. The lowest BCUT2D eigenvalue weighted by Crippen LogP contribution is -2.51. The number of nitrogens with one attached hydrogen (secondary N) is 3. The van der Waals surface area contributed by atoms with Crippen LogP contribution in [0, 0.1) is 5.82 Å². The number of amides is 5. The summed E-state index contributed by atoms with van der Waals surface area (Å²) in [5.74, 6) is -2.40. The number of benzene rings is 2. The Kier molecular flexibility index (Phi) is 7.06. The SMILES string of the molecule is CCOc1cc(C=C2C(=O)NC(=O)NC2=O)cc(Cl)c1OCC(=O)Nc1ccc(F)cc1. The van der Waals surface area contributed by atoms with Crippen LogP contribution in [0.1, 0.15) is 12.5 Å². The zero-order valence-corrected chi connectivity index (χ0v) is 17.4. The monoisotopic (exact) mass is 461 g/mol. The molecule has 0 saturated carbocycles. The van der Waals surface area contributed by atoms with Gasteiger partial charge in [-0.3, -0.25) is 25.0 Å². The number of carbonyl (C=O) groups is 4. The highest BCUT2D eigenvalue weighted by Gasteiger charge is 2.28. The van der Waals surface area contributed by atoms with Crippen LogP contribution in [0.5, 0.6) is 11.5 Å². The number of carbonyl (C=O) groups excluding carboxylic acids is 4. The average Bonchev–Trinajstić information content (AvgIpc) is 2.72. The van der Waals surface area contributed by atoms with E-state index in [4.69, 9.17) is 21.1 Å². The van der Waals surface area contributed by atoms with Crippen LogP contribution in [-0.2, 0) is 14.4 Å². The number of rotatable bonds is 7. The van der Waals surface area contributed by atoms with Crippen molar-refractivity contribution < 1.29 is 33.0 Å². The third kappa shape index (κ3) is 5.61. The van der Waals surface area contributed by atoms with Crippen LogP contribution in [0.4, 0.5) is 14.9 Å². The van der Waals surface area contributed by atoms with E-state index in [1.54, 1.807) is 6.92 Å². The summed E-state index contributed by atoms with van der Waals surface area (Å²) in [5, 5.41) is 6.55. The molecule has 1 saturated heterocycles. The first-order valence-electron chi connectivity index (χ1n) is 9.29. The van der Waals surface area contributed by atoms with E-state index in [1.807, 2.05) is 10.6 Å². The molecule has 0 spiro atoms. The van der Waals surface area contributed by atoms with Gasteiger partial charge in [0.05, 0.1) is 11.6 Å². The van der Waals surface area contributed by atoms with Crippen LogP contribution in [0.15, 0.2) is 42.0 Å². The molecule has 11 heteroatoms. The van der Waals surface area contributed by atoms with Gasteiger partial charge in [0.1, 0.15) is 11.4 Å². The Morgan fingerprint density at radius 2 is 1.75 bits per heavy atom. The maximum Gasteiger partial charge on any atom is 0.328 e. The molecule has 166 valence electrons. The Bertz CT molecular complexity index is 1100. The molecular formula is C21H17ClFN3O6. The minimum atomic E-state index is -0.909. The van der Waals surface area contributed by atoms with Crippen LogP contribution < -0.4 is 25.4 Å². The van der Waals surface area contributed by atoms with Gasteiger partial charge in [0, 0.05) is 5.69 Å². The Labute approximate surface area is 186 Å². The molecule has 0 unspecified atom stereocenters. The van der Waals surface area contributed by atoms with E-state index in [-0.39, 0.29) is 28.7 Å². The smallest absolute Gasteiger partial charge is 0.328 e. The zero-order chi connectivity index (χ0) is 23.3. The van der Waals surface area contributed by atoms with Crippen molar-refractivity contribution in [2.75, 3.05) is 18.5 Å². The molecule has 1 aliphatic rings. The van der Waals surface area contributed by atoms with Crippen molar-refractivity contribution in [1.82, 2.24) is 10.6 Å². The number of hydrogen-bond acceptors (Lipinski definition) is 6. The fourth-order valence-corrected chi connectivity index (χ4v) is 2.99. The molecule has 0 bridgehead atoms. The summed E-state index contributed by atoms with van der Waals surface area (Å²) in [4.78, 5) is 47.1. The van der Waals surface area contributed by atoms with Gasteiger partial charge < -0.3 is 14.8 Å². The van der Waals surface area contributed by atoms with Crippen LogP contribution >= 0.6 is 11.6 Å². The maximum atomic E-state index is 13.0. The summed E-state index contributed by atoms with van der Waals surface area (Å²) in [6.45, 7) is 1.55. The predicted octanol–water partition coefficient (Wildman–Crippen LogP) is 2.64. The van der Waals surface area contributed by atoms with Crippen molar-refractivity contribution in [3.05, 3.63) is 58.4 Å². The molecule has 3 N–H and O–H groups in total. The van der Waals surface area contributed by atoms with E-state index in [0.29, 0.717) is 11.3 Å². The van der Waals surface area contributed by atoms with Crippen LogP contribution in [0.3, 0.4) is 0 Å². The first-order chi connectivity index (χ1) is 15.3. The van der Waals surface area contributed by atoms with Gasteiger partial charge in [0.25, 0.3) is 17.7 Å². The largest absolute Gasteiger partial charge is 0.490 e. The van der Waals surface area contributed by atoms with Crippen LogP contribution in [0.25, 0.3) is 6.08 Å². The molecule has 0 atom stereocenters. The van der Waals surface area contributed by atoms with Crippen molar-refractivity contribution in [3.63, 3.8) is 0 Å². The molecule has 1 heterocycles. The average molecular weight is 462 g/mol. The van der Waals surface area contributed by atoms with Crippen LogP contribution in [0.2, 0.25) is 5.02 Å². The van der Waals surface area contributed by atoms with Crippen molar-refractivity contribution in [3.8, 4) is 11.5 Å². The van der Waals surface area contributed by atoms with E-state index in [1.165, 1.54) is 42.5 Å². The second-order valence-corrected chi connectivity index (χ2v) is 6.81. The van der Waals surface area contributed by atoms with Crippen molar-refractivity contribution in [2.45, 2.75) is 6.92 Å². The maximum absolute atomic E-state index is 13.0. The van der Waals surface area contributed by atoms with E-state index in [2.05, 4.69) is 5.32 Å². The molecule has 1 fully saturated rings. The summed E-state index contributed by atoms with van der Waals surface area (Å²) >= 11 is 6.28. The molecular weight excluding hydrogens is 445 g/mol. The number of barbiturate groups is 1. The topological polar surface area (TPSA) is 123 Å². The number of hydrogen-bond donors (Lipinski definition) is 3. The summed E-state index contributed by atoms with van der Waals surface area (Å²) in [7, 11) is 0. The quantitative estimate of drug-likeness (QED) is 0.430. The number of anilines is 1. The predicted molar refractivity (Wildman–Crippen MR) is 113 cm³/mol. The molecule has 9 nitrogen and oxygen atoms in total. The molecule has 32 heavy (non-hydrogen) atoms. The Balaban J connectivity index is 1.78. The van der Waals surface area contributed by atoms with Gasteiger partial charge >= 0.3 is 6.03 Å². The number of imide groups is 2. The lowest BCUT2D eigenvalue weighted by atomic mass is 10.1. The third-order valence-corrected chi connectivity index (χ3v) is 4.34. The molecule has 0 aliphatic carbocycles. The molecule has 1 aliphatic heterocycles. The second kappa shape index (κ2) is 9.92. The van der Waals surface area contributed by atoms with E-state index < -0.39 is 36.2 Å². The molecule has 5 amide bonds. The number of urea groups is 1.